The van der Waals surface area contributed by atoms with E-state index in [4.69, 9.17) is 16.3 Å². The van der Waals surface area contributed by atoms with Gasteiger partial charge in [-0.05, 0) is 30.5 Å². The number of carbonyl (C=O) groups is 1. The summed E-state index contributed by atoms with van der Waals surface area (Å²) in [6, 6.07) is 14.8. The molecule has 0 aliphatic carbocycles. The molecule has 0 aliphatic rings. The average molecular weight is 374 g/mol. The fourth-order valence-electron chi connectivity index (χ4n) is 2.44. The number of halogens is 1. The van der Waals surface area contributed by atoms with Gasteiger partial charge in [-0.15, -0.1) is 11.8 Å². The fraction of sp³-hybridized carbons (Fsp3) is 0.0556. The highest BCUT2D eigenvalue weighted by atomic mass is 35.5. The van der Waals surface area contributed by atoms with Crippen LogP contribution in [0.2, 0.25) is 5.02 Å². The summed E-state index contributed by atoms with van der Waals surface area (Å²) in [5.74, 6) is -0.315. The van der Waals surface area contributed by atoms with Gasteiger partial charge in [0.1, 0.15) is 5.75 Å². The van der Waals surface area contributed by atoms with Crippen molar-refractivity contribution < 1.29 is 14.5 Å². The van der Waals surface area contributed by atoms with Crippen LogP contribution in [0.1, 0.15) is 10.4 Å². The molecular formula is C18H12ClNO4S. The van der Waals surface area contributed by atoms with Crippen LogP contribution >= 0.6 is 23.4 Å². The smallest absolute Gasteiger partial charge is 0.343 e. The molecule has 0 radical (unpaired) electrons. The summed E-state index contributed by atoms with van der Waals surface area (Å²) < 4.78 is 5.45. The van der Waals surface area contributed by atoms with Crippen molar-refractivity contribution in [1.29, 1.82) is 0 Å². The van der Waals surface area contributed by atoms with Crippen LogP contribution in [0.15, 0.2) is 59.5 Å². The van der Waals surface area contributed by atoms with Crippen molar-refractivity contribution in [2.75, 3.05) is 6.26 Å². The first-order valence-corrected chi connectivity index (χ1v) is 8.83. The van der Waals surface area contributed by atoms with Crippen LogP contribution in [0, 0.1) is 10.1 Å². The van der Waals surface area contributed by atoms with Gasteiger partial charge in [0.05, 0.1) is 15.4 Å². The molecule has 7 heteroatoms. The van der Waals surface area contributed by atoms with E-state index in [1.165, 1.54) is 23.9 Å². The molecule has 0 heterocycles. The van der Waals surface area contributed by atoms with E-state index >= 15 is 0 Å². The number of thioether (sulfide) groups is 1. The third kappa shape index (κ3) is 3.45. The molecular weight excluding hydrogens is 362 g/mol. The largest absolute Gasteiger partial charge is 0.422 e. The van der Waals surface area contributed by atoms with Crippen LogP contribution in [-0.2, 0) is 0 Å². The van der Waals surface area contributed by atoms with Gasteiger partial charge in [-0.1, -0.05) is 35.9 Å². The van der Waals surface area contributed by atoms with Gasteiger partial charge < -0.3 is 4.74 Å². The summed E-state index contributed by atoms with van der Waals surface area (Å²) in [4.78, 5) is 23.6. The van der Waals surface area contributed by atoms with Gasteiger partial charge in [-0.25, -0.2) is 4.79 Å². The highest BCUT2D eigenvalue weighted by Crippen LogP contribution is 2.32. The Morgan fingerprint density at radius 3 is 2.52 bits per heavy atom. The van der Waals surface area contributed by atoms with Gasteiger partial charge in [0, 0.05) is 21.9 Å². The quantitative estimate of drug-likeness (QED) is 0.203. The number of nitro groups is 1. The maximum Gasteiger partial charge on any atom is 0.343 e. The number of esters is 1. The summed E-state index contributed by atoms with van der Waals surface area (Å²) in [5.41, 5.74) is -0.00792. The van der Waals surface area contributed by atoms with Gasteiger partial charge in [0.15, 0.2) is 0 Å². The van der Waals surface area contributed by atoms with Crippen LogP contribution in [0.3, 0.4) is 0 Å². The number of hydrogen-bond acceptors (Lipinski definition) is 5. The molecule has 5 nitrogen and oxygen atoms in total. The number of ether oxygens (including phenoxy) is 1. The monoisotopic (exact) mass is 373 g/mol. The first kappa shape index (κ1) is 17.3. The third-order valence-electron chi connectivity index (χ3n) is 3.64. The lowest BCUT2D eigenvalue weighted by molar-refractivity contribution is -0.387. The normalized spacial score (nSPS) is 10.6. The van der Waals surface area contributed by atoms with Gasteiger partial charge >= 0.3 is 5.97 Å². The first-order chi connectivity index (χ1) is 12.0. The second-order valence-electron chi connectivity index (χ2n) is 5.12. The summed E-state index contributed by atoms with van der Waals surface area (Å²) in [5, 5.41) is 13.2. The summed E-state index contributed by atoms with van der Waals surface area (Å²) in [7, 11) is 0. The molecule has 0 amide bonds. The van der Waals surface area contributed by atoms with E-state index in [-0.39, 0.29) is 11.3 Å². The van der Waals surface area contributed by atoms with Crippen molar-refractivity contribution in [2.24, 2.45) is 0 Å². The lowest BCUT2D eigenvalue weighted by atomic mass is 10.1. The molecule has 0 spiro atoms. The number of nitro benzene ring substituents is 1. The van der Waals surface area contributed by atoms with E-state index in [1.807, 2.05) is 18.2 Å². The Kier molecular flexibility index (Phi) is 4.92. The number of rotatable bonds is 4. The lowest BCUT2D eigenvalue weighted by Gasteiger charge is -2.09. The number of nitrogens with zero attached hydrogens (tertiary/aromatic N) is 1. The molecule has 25 heavy (non-hydrogen) atoms. The third-order valence-corrected chi connectivity index (χ3v) is 4.76. The Hall–Kier alpha value is -2.57. The molecule has 0 N–H and O–H groups in total. The molecule has 0 aromatic heterocycles. The van der Waals surface area contributed by atoms with Crippen LogP contribution in [0.5, 0.6) is 5.75 Å². The molecule has 3 aromatic rings. The molecule has 0 saturated heterocycles. The van der Waals surface area contributed by atoms with Crippen LogP contribution in [0.25, 0.3) is 10.8 Å². The zero-order chi connectivity index (χ0) is 18.0. The molecule has 0 unspecified atom stereocenters. The number of hydrogen-bond donors (Lipinski definition) is 0. The van der Waals surface area contributed by atoms with E-state index in [9.17, 15) is 14.9 Å². The Morgan fingerprint density at radius 2 is 1.84 bits per heavy atom. The van der Waals surface area contributed by atoms with Crippen molar-refractivity contribution >= 4 is 45.8 Å². The predicted molar refractivity (Wildman–Crippen MR) is 98.8 cm³/mol. The maximum absolute atomic E-state index is 12.4. The second-order valence-corrected chi connectivity index (χ2v) is 6.38. The standard InChI is InChI=1S/C18H12ClNO4S/c1-25-17-9-6-11(10-15(17)20(22)23)18(21)24-16-8-7-14(19)12-4-2-3-5-13(12)16/h2-10H,1H3. The van der Waals surface area contributed by atoms with Crippen molar-refractivity contribution in [1.82, 2.24) is 0 Å². The van der Waals surface area contributed by atoms with Crippen LogP contribution in [0.4, 0.5) is 5.69 Å². The fourth-order valence-corrected chi connectivity index (χ4v) is 3.22. The molecule has 0 saturated carbocycles. The summed E-state index contributed by atoms with van der Waals surface area (Å²) >= 11 is 7.40. The zero-order valence-corrected chi connectivity index (χ0v) is 14.6. The second kappa shape index (κ2) is 7.13. The number of benzene rings is 3. The molecule has 0 aliphatic heterocycles. The lowest BCUT2D eigenvalue weighted by Crippen LogP contribution is -2.09. The van der Waals surface area contributed by atoms with E-state index < -0.39 is 10.9 Å². The molecule has 0 atom stereocenters. The Balaban J connectivity index is 1.97. The Morgan fingerprint density at radius 1 is 1.12 bits per heavy atom. The Labute approximate surface area is 152 Å². The highest BCUT2D eigenvalue weighted by molar-refractivity contribution is 7.98. The zero-order valence-electron chi connectivity index (χ0n) is 13.1. The minimum atomic E-state index is -0.664. The van der Waals surface area contributed by atoms with E-state index in [2.05, 4.69) is 0 Å². The average Bonchev–Trinajstić information content (AvgIpc) is 2.63. The van der Waals surface area contributed by atoms with Crippen molar-refractivity contribution in [3.8, 4) is 5.75 Å². The van der Waals surface area contributed by atoms with Crippen molar-refractivity contribution in [2.45, 2.75) is 4.90 Å². The van der Waals surface area contributed by atoms with Gasteiger partial charge in [-0.2, -0.15) is 0 Å². The van der Waals surface area contributed by atoms with Crippen molar-refractivity contribution in [3.05, 3.63) is 75.3 Å². The van der Waals surface area contributed by atoms with Gasteiger partial charge in [0.2, 0.25) is 0 Å². The van der Waals surface area contributed by atoms with Crippen LogP contribution in [-0.4, -0.2) is 17.1 Å². The van der Waals surface area contributed by atoms with E-state index in [0.29, 0.717) is 21.1 Å². The predicted octanol–water partition coefficient (Wildman–Crippen LogP) is 5.34. The van der Waals surface area contributed by atoms with Crippen molar-refractivity contribution in [3.63, 3.8) is 0 Å². The molecule has 3 rings (SSSR count). The van der Waals surface area contributed by atoms with Gasteiger partial charge in [-0.3, -0.25) is 10.1 Å². The van der Waals surface area contributed by atoms with E-state index in [0.717, 1.165) is 5.39 Å². The maximum atomic E-state index is 12.4. The molecule has 3 aromatic carbocycles. The summed E-state index contributed by atoms with van der Waals surface area (Å²) in [6.45, 7) is 0. The first-order valence-electron chi connectivity index (χ1n) is 7.23. The number of carbonyl (C=O) groups excluding carboxylic acids is 1. The Bertz CT molecular complexity index is 990. The van der Waals surface area contributed by atoms with E-state index in [1.54, 1.807) is 30.5 Å². The van der Waals surface area contributed by atoms with Gasteiger partial charge in [0.25, 0.3) is 5.69 Å². The summed E-state index contributed by atoms with van der Waals surface area (Å²) in [6.07, 6.45) is 1.74. The van der Waals surface area contributed by atoms with Crippen LogP contribution < -0.4 is 4.74 Å². The topological polar surface area (TPSA) is 69.4 Å². The molecule has 0 fully saturated rings. The SMILES string of the molecule is CSc1ccc(C(=O)Oc2ccc(Cl)c3ccccc23)cc1[N+](=O)[O-]. The molecule has 0 bridgehead atoms. The highest BCUT2D eigenvalue weighted by Gasteiger charge is 2.19. The minimum Gasteiger partial charge on any atom is -0.422 e. The number of fused-ring (bicyclic) bond motifs is 1. The molecule has 126 valence electrons. The minimum absolute atomic E-state index is 0.114.